The monoisotopic (exact) mass is 423 g/mol. The number of methoxy groups -OCH3 is 1. The Morgan fingerprint density at radius 2 is 1.87 bits per heavy atom. The predicted octanol–water partition coefficient (Wildman–Crippen LogP) is 3.77. The third-order valence-corrected chi connectivity index (χ3v) is 5.73. The highest BCUT2D eigenvalue weighted by atomic mass is 16.5. The smallest absolute Gasteiger partial charge is 0.238 e. The minimum atomic E-state index is -0.112. The SMILES string of the molecule is COc1cc2c(cc1NC(=O)CN1CCC(C(=O)NC(C)C)CC1)oc1ccccc12. The summed E-state index contributed by atoms with van der Waals surface area (Å²) in [4.78, 5) is 27.0. The maximum Gasteiger partial charge on any atom is 0.238 e. The van der Waals surface area contributed by atoms with E-state index in [1.807, 2.05) is 50.2 Å². The number of nitrogens with one attached hydrogen (secondary N) is 2. The Hall–Kier alpha value is -3.06. The van der Waals surface area contributed by atoms with Gasteiger partial charge in [-0.2, -0.15) is 0 Å². The molecule has 2 aromatic carbocycles. The molecule has 2 heterocycles. The summed E-state index contributed by atoms with van der Waals surface area (Å²) >= 11 is 0. The van der Waals surface area contributed by atoms with Gasteiger partial charge in [0.15, 0.2) is 0 Å². The molecule has 3 aromatic rings. The molecule has 4 rings (SSSR count). The molecule has 7 heteroatoms. The van der Waals surface area contributed by atoms with Gasteiger partial charge >= 0.3 is 0 Å². The van der Waals surface area contributed by atoms with E-state index in [0.717, 1.165) is 42.3 Å². The molecule has 0 aliphatic carbocycles. The number of ether oxygens (including phenoxy) is 1. The summed E-state index contributed by atoms with van der Waals surface area (Å²) < 4.78 is 11.5. The molecular formula is C24H29N3O4. The molecule has 164 valence electrons. The van der Waals surface area contributed by atoms with Gasteiger partial charge in [-0.05, 0) is 51.9 Å². The fourth-order valence-corrected chi connectivity index (χ4v) is 4.17. The Labute approximate surface area is 181 Å². The number of amides is 2. The molecule has 1 aromatic heterocycles. The van der Waals surface area contributed by atoms with Crippen molar-refractivity contribution in [3.8, 4) is 5.75 Å². The lowest BCUT2D eigenvalue weighted by Crippen LogP contribution is -2.44. The first-order valence-corrected chi connectivity index (χ1v) is 10.8. The van der Waals surface area contributed by atoms with Crippen LogP contribution in [0.1, 0.15) is 26.7 Å². The van der Waals surface area contributed by atoms with Crippen LogP contribution in [-0.4, -0.2) is 49.5 Å². The summed E-state index contributed by atoms with van der Waals surface area (Å²) in [6, 6.07) is 11.7. The number of carbonyl (C=O) groups is 2. The van der Waals surface area contributed by atoms with Crippen molar-refractivity contribution < 1.29 is 18.7 Å². The zero-order valence-electron chi connectivity index (χ0n) is 18.2. The van der Waals surface area contributed by atoms with Gasteiger partial charge in [-0.25, -0.2) is 0 Å². The van der Waals surface area contributed by atoms with Gasteiger partial charge < -0.3 is 19.8 Å². The van der Waals surface area contributed by atoms with Gasteiger partial charge in [0.1, 0.15) is 16.9 Å². The van der Waals surface area contributed by atoms with Crippen LogP contribution in [0.3, 0.4) is 0 Å². The van der Waals surface area contributed by atoms with Gasteiger partial charge in [0.2, 0.25) is 11.8 Å². The van der Waals surface area contributed by atoms with Crippen LogP contribution in [0.2, 0.25) is 0 Å². The molecule has 2 amide bonds. The van der Waals surface area contributed by atoms with Crippen molar-refractivity contribution in [2.45, 2.75) is 32.7 Å². The molecule has 1 saturated heterocycles. The van der Waals surface area contributed by atoms with Crippen molar-refractivity contribution in [2.75, 3.05) is 32.1 Å². The van der Waals surface area contributed by atoms with E-state index >= 15 is 0 Å². The minimum Gasteiger partial charge on any atom is -0.495 e. The summed E-state index contributed by atoms with van der Waals surface area (Å²) in [5.41, 5.74) is 2.09. The Bertz CT molecular complexity index is 1100. The molecule has 1 aliphatic heterocycles. The summed E-state index contributed by atoms with van der Waals surface area (Å²) in [6.07, 6.45) is 1.53. The average Bonchev–Trinajstić information content (AvgIpc) is 3.10. The van der Waals surface area contributed by atoms with Crippen molar-refractivity contribution in [1.82, 2.24) is 10.2 Å². The number of hydrogen-bond acceptors (Lipinski definition) is 5. The molecule has 0 saturated carbocycles. The third kappa shape index (κ3) is 4.66. The lowest BCUT2D eigenvalue weighted by atomic mass is 9.95. The van der Waals surface area contributed by atoms with Crippen LogP contribution < -0.4 is 15.4 Å². The molecule has 1 fully saturated rings. The third-order valence-electron chi connectivity index (χ3n) is 5.73. The molecule has 0 radical (unpaired) electrons. The molecule has 0 unspecified atom stereocenters. The molecule has 1 aliphatic rings. The number of para-hydroxylation sites is 1. The number of rotatable bonds is 6. The zero-order valence-corrected chi connectivity index (χ0v) is 18.2. The van der Waals surface area contributed by atoms with Gasteiger partial charge in [0, 0.05) is 28.8 Å². The molecule has 7 nitrogen and oxygen atoms in total. The summed E-state index contributed by atoms with van der Waals surface area (Å²) in [5, 5.41) is 7.90. The van der Waals surface area contributed by atoms with E-state index in [1.54, 1.807) is 7.11 Å². The van der Waals surface area contributed by atoms with Gasteiger partial charge in [-0.1, -0.05) is 18.2 Å². The average molecular weight is 424 g/mol. The number of likely N-dealkylation sites (tertiary alicyclic amines) is 1. The first-order chi connectivity index (χ1) is 14.9. The van der Waals surface area contributed by atoms with E-state index in [-0.39, 0.29) is 30.3 Å². The number of carbonyl (C=O) groups excluding carboxylic acids is 2. The predicted molar refractivity (Wildman–Crippen MR) is 121 cm³/mol. The number of hydrogen-bond donors (Lipinski definition) is 2. The van der Waals surface area contributed by atoms with Crippen molar-refractivity contribution in [3.63, 3.8) is 0 Å². The van der Waals surface area contributed by atoms with Gasteiger partial charge in [0.05, 0.1) is 19.3 Å². The first-order valence-electron chi connectivity index (χ1n) is 10.8. The molecule has 2 N–H and O–H groups in total. The first kappa shape index (κ1) is 21.2. The highest BCUT2D eigenvalue weighted by Gasteiger charge is 2.26. The molecule has 0 spiro atoms. The van der Waals surface area contributed by atoms with Crippen LogP contribution in [0.5, 0.6) is 5.75 Å². The topological polar surface area (TPSA) is 83.8 Å². The van der Waals surface area contributed by atoms with Gasteiger partial charge in [-0.15, -0.1) is 0 Å². The highest BCUT2D eigenvalue weighted by molar-refractivity contribution is 6.07. The second kappa shape index (κ2) is 8.98. The summed E-state index contributed by atoms with van der Waals surface area (Å²) in [5.74, 6) is 0.621. The fraction of sp³-hybridized carbons (Fsp3) is 0.417. The maximum absolute atomic E-state index is 12.7. The number of nitrogens with zero attached hydrogens (tertiary/aromatic N) is 1. The number of anilines is 1. The Morgan fingerprint density at radius 1 is 1.13 bits per heavy atom. The Kier molecular flexibility index (Phi) is 6.13. The van der Waals surface area contributed by atoms with E-state index < -0.39 is 0 Å². The molecule has 31 heavy (non-hydrogen) atoms. The van der Waals surface area contributed by atoms with E-state index in [4.69, 9.17) is 9.15 Å². The van der Waals surface area contributed by atoms with Crippen molar-refractivity contribution in [1.29, 1.82) is 0 Å². The van der Waals surface area contributed by atoms with Crippen molar-refractivity contribution in [2.24, 2.45) is 5.92 Å². The number of benzene rings is 2. The second-order valence-corrected chi connectivity index (χ2v) is 8.41. The van der Waals surface area contributed by atoms with E-state index in [9.17, 15) is 9.59 Å². The van der Waals surface area contributed by atoms with E-state index in [2.05, 4.69) is 15.5 Å². The minimum absolute atomic E-state index is 0.0253. The van der Waals surface area contributed by atoms with E-state index in [1.165, 1.54) is 0 Å². The van der Waals surface area contributed by atoms with Crippen LogP contribution in [-0.2, 0) is 9.59 Å². The second-order valence-electron chi connectivity index (χ2n) is 8.41. The Morgan fingerprint density at radius 3 is 2.58 bits per heavy atom. The lowest BCUT2D eigenvalue weighted by molar-refractivity contribution is -0.127. The maximum atomic E-state index is 12.7. The van der Waals surface area contributed by atoms with Crippen LogP contribution >= 0.6 is 0 Å². The van der Waals surface area contributed by atoms with Crippen LogP contribution in [0, 0.1) is 5.92 Å². The van der Waals surface area contributed by atoms with Crippen molar-refractivity contribution >= 4 is 39.4 Å². The quantitative estimate of drug-likeness (QED) is 0.631. The zero-order chi connectivity index (χ0) is 22.0. The molecule has 0 atom stereocenters. The molecule has 0 bridgehead atoms. The largest absolute Gasteiger partial charge is 0.495 e. The summed E-state index contributed by atoms with van der Waals surface area (Å²) in [7, 11) is 1.59. The van der Waals surface area contributed by atoms with Gasteiger partial charge in [0.25, 0.3) is 0 Å². The normalized spacial score (nSPS) is 15.5. The van der Waals surface area contributed by atoms with E-state index in [0.29, 0.717) is 17.0 Å². The number of fused-ring (bicyclic) bond motifs is 3. The van der Waals surface area contributed by atoms with Crippen molar-refractivity contribution in [3.05, 3.63) is 36.4 Å². The lowest BCUT2D eigenvalue weighted by Gasteiger charge is -2.31. The van der Waals surface area contributed by atoms with Crippen LogP contribution in [0.4, 0.5) is 5.69 Å². The van der Waals surface area contributed by atoms with Crippen LogP contribution in [0.25, 0.3) is 21.9 Å². The fourth-order valence-electron chi connectivity index (χ4n) is 4.17. The summed E-state index contributed by atoms with van der Waals surface area (Å²) in [6.45, 7) is 5.66. The standard InChI is InChI=1S/C24H29N3O4/c1-15(2)25-24(29)16-8-10-27(11-9-16)14-23(28)26-19-13-21-18(12-22(19)30-3)17-6-4-5-7-20(17)31-21/h4-7,12-13,15-16H,8-11,14H2,1-3H3,(H,25,29)(H,26,28). The number of furan rings is 1. The van der Waals surface area contributed by atoms with Crippen LogP contribution in [0.15, 0.2) is 40.8 Å². The number of piperidine rings is 1. The van der Waals surface area contributed by atoms with Gasteiger partial charge in [-0.3, -0.25) is 14.5 Å². The highest BCUT2D eigenvalue weighted by Crippen LogP contribution is 2.36. The Balaban J connectivity index is 1.41. The molecular weight excluding hydrogens is 394 g/mol.